The average Bonchev–Trinajstić information content (AvgIpc) is 2.96. The van der Waals surface area contributed by atoms with Crippen molar-refractivity contribution in [3.05, 3.63) is 58.3 Å². The van der Waals surface area contributed by atoms with Crippen LogP contribution in [0, 0.1) is 6.92 Å². The third-order valence-electron chi connectivity index (χ3n) is 4.33. The molecule has 0 fully saturated rings. The van der Waals surface area contributed by atoms with Gasteiger partial charge in [-0.25, -0.2) is 4.98 Å². The minimum Gasteiger partial charge on any atom is -0.350 e. The van der Waals surface area contributed by atoms with Crippen LogP contribution in [0.2, 0.25) is 0 Å². The molecule has 7 nitrogen and oxygen atoms in total. The fraction of sp³-hybridized carbons (Fsp3) is 0.333. The van der Waals surface area contributed by atoms with E-state index < -0.39 is 0 Å². The van der Waals surface area contributed by atoms with E-state index in [1.54, 1.807) is 11.7 Å². The monoisotopic (exact) mass is 339 g/mol. The molecule has 0 aliphatic carbocycles. The summed E-state index contributed by atoms with van der Waals surface area (Å²) in [5.74, 6) is -0.103. The summed E-state index contributed by atoms with van der Waals surface area (Å²) in [6, 6.07) is 7.88. The molecule has 1 aromatic carbocycles. The predicted molar refractivity (Wildman–Crippen MR) is 95.1 cm³/mol. The molecule has 7 heteroatoms. The van der Waals surface area contributed by atoms with Gasteiger partial charge < -0.3 is 5.32 Å². The van der Waals surface area contributed by atoms with E-state index in [1.165, 1.54) is 17.1 Å². The number of aromatic nitrogens is 4. The number of carbonyl (C=O) groups is 1. The fourth-order valence-corrected chi connectivity index (χ4v) is 2.91. The van der Waals surface area contributed by atoms with Gasteiger partial charge in [0.2, 0.25) is 5.91 Å². The molecule has 3 rings (SSSR count). The van der Waals surface area contributed by atoms with Gasteiger partial charge in [-0.1, -0.05) is 24.3 Å². The Labute approximate surface area is 145 Å². The molecule has 2 aromatic heterocycles. The lowest BCUT2D eigenvalue weighted by molar-refractivity contribution is -0.121. The highest BCUT2D eigenvalue weighted by Crippen LogP contribution is 2.16. The Kier molecular flexibility index (Phi) is 4.65. The summed E-state index contributed by atoms with van der Waals surface area (Å²) >= 11 is 0. The molecular formula is C18H21N5O2. The number of rotatable bonds is 5. The van der Waals surface area contributed by atoms with Crippen molar-refractivity contribution in [1.29, 1.82) is 0 Å². The lowest BCUT2D eigenvalue weighted by atomic mass is 10.0. The fourth-order valence-electron chi connectivity index (χ4n) is 2.91. The highest BCUT2D eigenvalue weighted by Gasteiger charge is 2.13. The maximum absolute atomic E-state index is 12.4. The minimum atomic E-state index is -0.183. The zero-order valence-electron chi connectivity index (χ0n) is 14.6. The topological polar surface area (TPSA) is 81.8 Å². The Morgan fingerprint density at radius 2 is 2.08 bits per heavy atom. The molecule has 1 N–H and O–H groups in total. The molecule has 25 heavy (non-hydrogen) atoms. The number of aryl methyl sites for hydroxylation is 3. The van der Waals surface area contributed by atoms with Gasteiger partial charge in [-0.2, -0.15) is 5.10 Å². The van der Waals surface area contributed by atoms with Gasteiger partial charge in [0, 0.05) is 20.0 Å². The van der Waals surface area contributed by atoms with Crippen molar-refractivity contribution >= 4 is 16.9 Å². The Hall–Kier alpha value is -2.96. The number of nitrogens with one attached hydrogen (secondary N) is 1. The van der Waals surface area contributed by atoms with Crippen molar-refractivity contribution in [2.24, 2.45) is 7.05 Å². The Bertz CT molecular complexity index is 973. The zero-order chi connectivity index (χ0) is 18.0. The molecule has 2 heterocycles. The van der Waals surface area contributed by atoms with Gasteiger partial charge in [0.15, 0.2) is 5.65 Å². The van der Waals surface area contributed by atoms with Crippen LogP contribution < -0.4 is 10.9 Å². The summed E-state index contributed by atoms with van der Waals surface area (Å²) in [7, 11) is 1.74. The first kappa shape index (κ1) is 16.9. The van der Waals surface area contributed by atoms with Crippen LogP contribution >= 0.6 is 0 Å². The molecule has 0 aliphatic rings. The quantitative estimate of drug-likeness (QED) is 0.767. The average molecular weight is 339 g/mol. The van der Waals surface area contributed by atoms with Crippen LogP contribution in [0.25, 0.3) is 11.0 Å². The standard InChI is InChI=1S/C18H21N5O2/c1-12-6-4-5-7-14(12)13(2)21-16(24)8-9-23-11-19-17-15(18(23)25)10-20-22(17)3/h4-7,10-11,13H,8-9H2,1-3H3,(H,21,24)/t13-/m0/s1. The lowest BCUT2D eigenvalue weighted by Crippen LogP contribution is -2.29. The maximum atomic E-state index is 12.4. The van der Waals surface area contributed by atoms with Crippen LogP contribution in [0.3, 0.4) is 0 Å². The second kappa shape index (κ2) is 6.88. The Morgan fingerprint density at radius 1 is 1.32 bits per heavy atom. The van der Waals surface area contributed by atoms with Gasteiger partial charge in [-0.15, -0.1) is 0 Å². The third kappa shape index (κ3) is 3.45. The first-order valence-electron chi connectivity index (χ1n) is 8.19. The maximum Gasteiger partial charge on any atom is 0.264 e. The van der Waals surface area contributed by atoms with E-state index in [0.29, 0.717) is 11.0 Å². The molecule has 0 aliphatic heterocycles. The van der Waals surface area contributed by atoms with Crippen molar-refractivity contribution in [3.8, 4) is 0 Å². The molecule has 0 saturated heterocycles. The minimum absolute atomic E-state index is 0.0793. The normalized spacial score (nSPS) is 12.3. The zero-order valence-corrected chi connectivity index (χ0v) is 14.6. The van der Waals surface area contributed by atoms with Crippen LogP contribution in [0.5, 0.6) is 0 Å². The van der Waals surface area contributed by atoms with Gasteiger partial charge in [-0.05, 0) is 25.0 Å². The summed E-state index contributed by atoms with van der Waals surface area (Å²) in [6.07, 6.45) is 3.18. The third-order valence-corrected chi connectivity index (χ3v) is 4.33. The predicted octanol–water partition coefficient (Wildman–Crippen LogP) is 1.71. The number of carbonyl (C=O) groups excluding carboxylic acids is 1. The van der Waals surface area contributed by atoms with Crippen LogP contribution in [-0.4, -0.2) is 25.2 Å². The van der Waals surface area contributed by atoms with Crippen LogP contribution in [0.1, 0.15) is 30.5 Å². The number of amides is 1. The largest absolute Gasteiger partial charge is 0.350 e. The molecule has 130 valence electrons. The molecule has 0 spiro atoms. The van der Waals surface area contributed by atoms with E-state index in [-0.39, 0.29) is 30.5 Å². The van der Waals surface area contributed by atoms with Crippen molar-refractivity contribution in [3.63, 3.8) is 0 Å². The molecule has 0 bridgehead atoms. The van der Waals surface area contributed by atoms with Crippen molar-refractivity contribution < 1.29 is 4.79 Å². The first-order chi connectivity index (χ1) is 12.0. The summed E-state index contributed by atoms with van der Waals surface area (Å²) in [5.41, 5.74) is 2.58. The molecule has 1 amide bonds. The number of hydrogen-bond donors (Lipinski definition) is 1. The Morgan fingerprint density at radius 3 is 2.84 bits per heavy atom. The summed E-state index contributed by atoms with van der Waals surface area (Å²) in [6.45, 7) is 4.25. The van der Waals surface area contributed by atoms with E-state index in [2.05, 4.69) is 15.4 Å². The molecule has 0 saturated carbocycles. The van der Waals surface area contributed by atoms with Gasteiger partial charge in [0.05, 0.1) is 18.6 Å². The van der Waals surface area contributed by atoms with E-state index in [4.69, 9.17) is 0 Å². The van der Waals surface area contributed by atoms with Crippen molar-refractivity contribution in [2.45, 2.75) is 32.9 Å². The number of hydrogen-bond acceptors (Lipinski definition) is 4. The van der Waals surface area contributed by atoms with Gasteiger partial charge in [0.25, 0.3) is 5.56 Å². The number of benzene rings is 1. The molecule has 3 aromatic rings. The lowest BCUT2D eigenvalue weighted by Gasteiger charge is -2.16. The Balaban J connectivity index is 1.66. The number of nitrogens with zero attached hydrogens (tertiary/aromatic N) is 4. The van der Waals surface area contributed by atoms with Gasteiger partial charge in [-0.3, -0.25) is 18.8 Å². The van der Waals surface area contributed by atoms with E-state index >= 15 is 0 Å². The first-order valence-corrected chi connectivity index (χ1v) is 8.19. The summed E-state index contributed by atoms with van der Waals surface area (Å²) < 4.78 is 3.00. The summed E-state index contributed by atoms with van der Waals surface area (Å²) in [4.78, 5) is 28.8. The van der Waals surface area contributed by atoms with Crippen molar-refractivity contribution in [1.82, 2.24) is 24.6 Å². The van der Waals surface area contributed by atoms with Gasteiger partial charge in [0.1, 0.15) is 5.39 Å². The number of fused-ring (bicyclic) bond motifs is 1. The molecule has 0 radical (unpaired) electrons. The smallest absolute Gasteiger partial charge is 0.264 e. The second-order valence-electron chi connectivity index (χ2n) is 6.14. The van der Waals surface area contributed by atoms with E-state index in [1.807, 2.05) is 38.1 Å². The summed E-state index contributed by atoms with van der Waals surface area (Å²) in [5, 5.41) is 7.47. The second-order valence-corrected chi connectivity index (χ2v) is 6.14. The van der Waals surface area contributed by atoms with Crippen LogP contribution in [0.4, 0.5) is 0 Å². The van der Waals surface area contributed by atoms with Crippen LogP contribution in [0.15, 0.2) is 41.6 Å². The molecular weight excluding hydrogens is 318 g/mol. The highest BCUT2D eigenvalue weighted by molar-refractivity contribution is 5.76. The van der Waals surface area contributed by atoms with E-state index in [9.17, 15) is 9.59 Å². The van der Waals surface area contributed by atoms with Crippen LogP contribution in [-0.2, 0) is 18.4 Å². The molecule has 0 unspecified atom stereocenters. The van der Waals surface area contributed by atoms with Gasteiger partial charge >= 0.3 is 0 Å². The van der Waals surface area contributed by atoms with Crippen molar-refractivity contribution in [2.75, 3.05) is 0 Å². The highest BCUT2D eigenvalue weighted by atomic mass is 16.2. The SMILES string of the molecule is Cc1ccccc1[C@H](C)NC(=O)CCn1cnc2c(cnn2C)c1=O. The molecule has 1 atom stereocenters. The van der Waals surface area contributed by atoms with E-state index in [0.717, 1.165) is 11.1 Å².